The van der Waals surface area contributed by atoms with Crippen LogP contribution in [0.5, 0.6) is 5.75 Å². The van der Waals surface area contributed by atoms with E-state index in [1.165, 1.54) is 6.33 Å². The molecule has 0 saturated carbocycles. The number of benzene rings is 2. The molecule has 6 heteroatoms. The first-order chi connectivity index (χ1) is 11.3. The van der Waals surface area contributed by atoms with Gasteiger partial charge in [0.05, 0.1) is 19.2 Å². The number of nitrogens with zero attached hydrogens (tertiary/aromatic N) is 3. The van der Waals surface area contributed by atoms with Gasteiger partial charge in [-0.15, -0.1) is 0 Å². The summed E-state index contributed by atoms with van der Waals surface area (Å²) in [6.45, 7) is 0. The van der Waals surface area contributed by atoms with Crippen LogP contribution >= 0.6 is 0 Å². The van der Waals surface area contributed by atoms with Gasteiger partial charge in [-0.2, -0.15) is 5.10 Å². The molecule has 3 rings (SSSR count). The van der Waals surface area contributed by atoms with Crippen LogP contribution in [-0.2, 0) is 11.2 Å². The molecular formula is C17H16N4O2. The van der Waals surface area contributed by atoms with Gasteiger partial charge in [0.2, 0.25) is 5.91 Å². The third kappa shape index (κ3) is 3.55. The third-order valence-corrected chi connectivity index (χ3v) is 3.38. The van der Waals surface area contributed by atoms with Crippen LogP contribution in [0, 0.1) is 0 Å². The van der Waals surface area contributed by atoms with Crippen molar-refractivity contribution < 1.29 is 9.53 Å². The normalized spacial score (nSPS) is 10.3. The summed E-state index contributed by atoms with van der Waals surface area (Å²) in [4.78, 5) is 16.1. The Balaban J connectivity index is 1.66. The SMILES string of the molecule is COc1ccccc1CC(=O)Nc1ccc(-n2cncn2)cc1. The molecule has 0 saturated heterocycles. The first-order valence-corrected chi connectivity index (χ1v) is 7.13. The summed E-state index contributed by atoms with van der Waals surface area (Å²) in [6, 6.07) is 14.9. The Kier molecular flexibility index (Phi) is 4.33. The lowest BCUT2D eigenvalue weighted by molar-refractivity contribution is -0.115. The molecule has 1 amide bonds. The zero-order valence-electron chi connectivity index (χ0n) is 12.6. The van der Waals surface area contributed by atoms with Crippen LogP contribution < -0.4 is 10.1 Å². The monoisotopic (exact) mass is 308 g/mol. The van der Waals surface area contributed by atoms with Crippen LogP contribution in [0.3, 0.4) is 0 Å². The van der Waals surface area contributed by atoms with E-state index in [2.05, 4.69) is 15.4 Å². The second-order valence-corrected chi connectivity index (χ2v) is 4.92. The Morgan fingerprint density at radius 3 is 2.65 bits per heavy atom. The van der Waals surface area contributed by atoms with Gasteiger partial charge in [-0.05, 0) is 30.3 Å². The van der Waals surface area contributed by atoms with Crippen molar-refractivity contribution in [3.05, 3.63) is 66.7 Å². The van der Waals surface area contributed by atoms with Gasteiger partial charge in [-0.1, -0.05) is 18.2 Å². The quantitative estimate of drug-likeness (QED) is 0.786. The summed E-state index contributed by atoms with van der Waals surface area (Å²) >= 11 is 0. The lowest BCUT2D eigenvalue weighted by atomic mass is 10.1. The maximum Gasteiger partial charge on any atom is 0.228 e. The molecule has 0 unspecified atom stereocenters. The molecule has 0 atom stereocenters. The summed E-state index contributed by atoms with van der Waals surface area (Å²) < 4.78 is 6.91. The minimum Gasteiger partial charge on any atom is -0.496 e. The highest BCUT2D eigenvalue weighted by molar-refractivity contribution is 5.92. The highest BCUT2D eigenvalue weighted by atomic mass is 16.5. The van der Waals surface area contributed by atoms with Crippen molar-refractivity contribution in [2.24, 2.45) is 0 Å². The van der Waals surface area contributed by atoms with Crippen molar-refractivity contribution >= 4 is 11.6 Å². The lowest BCUT2D eigenvalue weighted by Gasteiger charge is -2.09. The number of carbonyl (C=O) groups is 1. The number of aromatic nitrogens is 3. The van der Waals surface area contributed by atoms with Gasteiger partial charge >= 0.3 is 0 Å². The first kappa shape index (κ1) is 14.8. The molecule has 0 radical (unpaired) electrons. The number of carbonyl (C=O) groups excluding carboxylic acids is 1. The fourth-order valence-corrected chi connectivity index (χ4v) is 2.27. The van der Waals surface area contributed by atoms with E-state index in [1.54, 1.807) is 18.1 Å². The Morgan fingerprint density at radius 1 is 1.17 bits per heavy atom. The number of nitrogens with one attached hydrogen (secondary N) is 1. The zero-order chi connectivity index (χ0) is 16.1. The van der Waals surface area contributed by atoms with Crippen molar-refractivity contribution in [2.75, 3.05) is 12.4 Å². The molecule has 0 aliphatic rings. The van der Waals surface area contributed by atoms with Crippen LogP contribution in [0.2, 0.25) is 0 Å². The Bertz CT molecular complexity index is 783. The highest BCUT2D eigenvalue weighted by Gasteiger charge is 2.08. The summed E-state index contributed by atoms with van der Waals surface area (Å²) in [6.07, 6.45) is 3.35. The molecule has 1 aromatic heterocycles. The van der Waals surface area contributed by atoms with Crippen LogP contribution in [0.1, 0.15) is 5.56 Å². The van der Waals surface area contributed by atoms with E-state index in [0.29, 0.717) is 5.75 Å². The average molecular weight is 308 g/mol. The van der Waals surface area contributed by atoms with Gasteiger partial charge in [0.25, 0.3) is 0 Å². The Morgan fingerprint density at radius 2 is 1.96 bits per heavy atom. The van der Waals surface area contributed by atoms with Crippen LogP contribution in [-0.4, -0.2) is 27.8 Å². The predicted octanol–water partition coefficient (Wildman–Crippen LogP) is 2.46. The van der Waals surface area contributed by atoms with Crippen molar-refractivity contribution in [2.45, 2.75) is 6.42 Å². The molecule has 0 aliphatic heterocycles. The Hall–Kier alpha value is -3.15. The van der Waals surface area contributed by atoms with E-state index < -0.39 is 0 Å². The number of anilines is 1. The fourth-order valence-electron chi connectivity index (χ4n) is 2.27. The van der Waals surface area contributed by atoms with E-state index in [0.717, 1.165) is 16.9 Å². The third-order valence-electron chi connectivity index (χ3n) is 3.38. The summed E-state index contributed by atoms with van der Waals surface area (Å²) in [5, 5.41) is 6.93. The standard InChI is InChI=1S/C17H16N4O2/c1-23-16-5-3-2-4-13(16)10-17(22)20-14-6-8-15(9-7-14)21-12-18-11-19-21/h2-9,11-12H,10H2,1H3,(H,20,22). The van der Waals surface area contributed by atoms with Gasteiger partial charge < -0.3 is 10.1 Å². The topological polar surface area (TPSA) is 69.0 Å². The van der Waals surface area contributed by atoms with E-state index in [9.17, 15) is 4.79 Å². The molecule has 116 valence electrons. The fraction of sp³-hybridized carbons (Fsp3) is 0.118. The smallest absolute Gasteiger partial charge is 0.228 e. The highest BCUT2D eigenvalue weighted by Crippen LogP contribution is 2.19. The Labute approximate surface area is 133 Å². The van der Waals surface area contributed by atoms with E-state index in [-0.39, 0.29) is 12.3 Å². The number of methoxy groups -OCH3 is 1. The maximum absolute atomic E-state index is 12.2. The average Bonchev–Trinajstić information content (AvgIpc) is 3.10. The number of rotatable bonds is 5. The van der Waals surface area contributed by atoms with Crippen molar-refractivity contribution in [3.63, 3.8) is 0 Å². The zero-order valence-corrected chi connectivity index (χ0v) is 12.6. The number of amides is 1. The maximum atomic E-state index is 12.2. The number of ether oxygens (including phenoxy) is 1. The molecule has 6 nitrogen and oxygen atoms in total. The van der Waals surface area contributed by atoms with Gasteiger partial charge in [-0.25, -0.2) is 9.67 Å². The lowest BCUT2D eigenvalue weighted by Crippen LogP contribution is -2.14. The molecule has 1 N–H and O–H groups in total. The molecule has 0 fully saturated rings. The second kappa shape index (κ2) is 6.74. The number of para-hydroxylation sites is 1. The van der Waals surface area contributed by atoms with Crippen LogP contribution in [0.15, 0.2) is 61.2 Å². The summed E-state index contributed by atoms with van der Waals surface area (Å²) in [5.74, 6) is 0.618. The molecule has 2 aromatic carbocycles. The predicted molar refractivity (Wildman–Crippen MR) is 86.7 cm³/mol. The van der Waals surface area contributed by atoms with Crippen molar-refractivity contribution in [3.8, 4) is 11.4 Å². The molecule has 0 bridgehead atoms. The van der Waals surface area contributed by atoms with Crippen LogP contribution in [0.25, 0.3) is 5.69 Å². The molecule has 3 aromatic rings. The molecule has 23 heavy (non-hydrogen) atoms. The molecule has 0 aliphatic carbocycles. The van der Waals surface area contributed by atoms with Gasteiger partial charge in [0, 0.05) is 11.3 Å². The summed E-state index contributed by atoms with van der Waals surface area (Å²) in [5.41, 5.74) is 2.46. The largest absolute Gasteiger partial charge is 0.496 e. The van der Waals surface area contributed by atoms with Crippen molar-refractivity contribution in [1.29, 1.82) is 0 Å². The molecular weight excluding hydrogens is 292 g/mol. The van der Waals surface area contributed by atoms with Crippen LogP contribution in [0.4, 0.5) is 5.69 Å². The first-order valence-electron chi connectivity index (χ1n) is 7.13. The van der Waals surface area contributed by atoms with Crippen molar-refractivity contribution in [1.82, 2.24) is 14.8 Å². The molecule has 0 spiro atoms. The van der Waals surface area contributed by atoms with Gasteiger partial charge in [-0.3, -0.25) is 4.79 Å². The van der Waals surface area contributed by atoms with E-state index in [4.69, 9.17) is 4.74 Å². The van der Waals surface area contributed by atoms with Gasteiger partial charge in [0.1, 0.15) is 18.4 Å². The number of hydrogen-bond donors (Lipinski definition) is 1. The second-order valence-electron chi connectivity index (χ2n) is 4.92. The van der Waals surface area contributed by atoms with Gasteiger partial charge in [0.15, 0.2) is 0 Å². The minimum atomic E-state index is -0.0944. The van der Waals surface area contributed by atoms with E-state index >= 15 is 0 Å². The minimum absolute atomic E-state index is 0.0944. The van der Waals surface area contributed by atoms with E-state index in [1.807, 2.05) is 48.5 Å². The number of hydrogen-bond acceptors (Lipinski definition) is 4. The summed E-state index contributed by atoms with van der Waals surface area (Å²) in [7, 11) is 1.60. The molecule has 1 heterocycles.